The van der Waals surface area contributed by atoms with E-state index in [1.807, 2.05) is 38.1 Å². The molecule has 0 radical (unpaired) electrons. The third kappa shape index (κ3) is 6.53. The smallest absolute Gasteiger partial charge is 0.338 e. The van der Waals surface area contributed by atoms with Crippen LogP contribution >= 0.6 is 35.0 Å². The van der Waals surface area contributed by atoms with Gasteiger partial charge in [-0.05, 0) is 54.8 Å². The summed E-state index contributed by atoms with van der Waals surface area (Å²) in [6.45, 7) is 4.25. The van der Waals surface area contributed by atoms with Crippen LogP contribution in [0, 0.1) is 5.82 Å². The number of hydrogen-bond donors (Lipinski definition) is 1. The minimum absolute atomic E-state index is 0.203. The van der Waals surface area contributed by atoms with Crippen molar-refractivity contribution in [3.63, 3.8) is 0 Å². The molecule has 1 unspecified atom stereocenters. The molecular weight excluding hydrogens is 586 g/mol. The van der Waals surface area contributed by atoms with E-state index in [2.05, 4.69) is 10.3 Å². The maximum atomic E-state index is 14.2. The number of hydrogen-bond acceptors (Lipinski definition) is 7. The molecule has 0 bridgehead atoms. The number of anilines is 1. The summed E-state index contributed by atoms with van der Waals surface area (Å²) >= 11 is 13.9. The zero-order valence-corrected chi connectivity index (χ0v) is 24.7. The van der Waals surface area contributed by atoms with Gasteiger partial charge in [-0.1, -0.05) is 78.3 Å². The number of carbonyl (C=O) groups excluding carboxylic acids is 1. The Balaban J connectivity index is 1.42. The highest BCUT2D eigenvalue weighted by atomic mass is 35.5. The van der Waals surface area contributed by atoms with Crippen molar-refractivity contribution in [1.82, 2.24) is 14.8 Å². The topological polar surface area (TPSA) is 78.3 Å². The second kappa shape index (κ2) is 13.0. The van der Waals surface area contributed by atoms with E-state index >= 15 is 0 Å². The highest BCUT2D eigenvalue weighted by Gasteiger charge is 2.35. The Hall–Kier alpha value is -3.53. The van der Waals surface area contributed by atoms with Gasteiger partial charge in [0.2, 0.25) is 11.1 Å². The van der Waals surface area contributed by atoms with E-state index < -0.39 is 12.0 Å². The first-order chi connectivity index (χ1) is 19.9. The molecule has 3 aromatic carbocycles. The van der Waals surface area contributed by atoms with Gasteiger partial charge in [-0.15, -0.1) is 5.10 Å². The van der Waals surface area contributed by atoms with Crippen LogP contribution < -0.4 is 10.1 Å². The fourth-order valence-corrected chi connectivity index (χ4v) is 5.69. The van der Waals surface area contributed by atoms with Gasteiger partial charge < -0.3 is 14.8 Å². The van der Waals surface area contributed by atoms with Crippen molar-refractivity contribution in [3.05, 3.63) is 111 Å². The molecule has 2 heterocycles. The Labute approximate surface area is 251 Å². The number of thioether (sulfide) groups is 1. The first kappa shape index (κ1) is 29.0. The fraction of sp³-hybridized carbons (Fsp3) is 0.233. The molecule has 11 heteroatoms. The van der Waals surface area contributed by atoms with Crippen LogP contribution in [0.3, 0.4) is 0 Å². The van der Waals surface area contributed by atoms with Crippen molar-refractivity contribution >= 4 is 46.9 Å². The predicted octanol–water partition coefficient (Wildman–Crippen LogP) is 7.84. The number of rotatable bonds is 10. The molecule has 7 nitrogen and oxygen atoms in total. The summed E-state index contributed by atoms with van der Waals surface area (Å²) in [5, 5.41) is 9.40. The summed E-state index contributed by atoms with van der Waals surface area (Å²) in [6.07, 6.45) is 0.697. The molecule has 1 aliphatic rings. The third-order valence-electron chi connectivity index (χ3n) is 6.45. The largest absolute Gasteiger partial charge is 0.489 e. The van der Waals surface area contributed by atoms with Crippen molar-refractivity contribution < 1.29 is 18.7 Å². The van der Waals surface area contributed by atoms with Crippen LogP contribution in [-0.4, -0.2) is 27.3 Å². The summed E-state index contributed by atoms with van der Waals surface area (Å²) in [4.78, 5) is 17.8. The monoisotopic (exact) mass is 612 g/mol. The van der Waals surface area contributed by atoms with Crippen LogP contribution in [0.15, 0.2) is 83.2 Å². The summed E-state index contributed by atoms with van der Waals surface area (Å²) in [7, 11) is 0. The molecule has 1 aromatic heterocycles. The van der Waals surface area contributed by atoms with E-state index in [1.54, 1.807) is 41.1 Å². The average molecular weight is 614 g/mol. The zero-order chi connectivity index (χ0) is 28.9. The van der Waals surface area contributed by atoms with E-state index in [0.717, 1.165) is 5.56 Å². The van der Waals surface area contributed by atoms with Crippen molar-refractivity contribution in [2.45, 2.75) is 43.8 Å². The Kier molecular flexibility index (Phi) is 9.17. The lowest BCUT2D eigenvalue weighted by Crippen LogP contribution is -2.29. The van der Waals surface area contributed by atoms with Crippen LogP contribution in [0.25, 0.3) is 0 Å². The Bertz CT molecular complexity index is 1570. The van der Waals surface area contributed by atoms with E-state index in [4.69, 9.17) is 37.8 Å². The van der Waals surface area contributed by atoms with E-state index in [9.17, 15) is 9.18 Å². The lowest BCUT2D eigenvalue weighted by Gasteiger charge is -2.28. The molecule has 0 saturated heterocycles. The number of nitrogens with zero attached hydrogens (tertiary/aromatic N) is 3. The van der Waals surface area contributed by atoms with Gasteiger partial charge in [-0.3, -0.25) is 0 Å². The third-order valence-corrected chi connectivity index (χ3v) is 8.04. The maximum absolute atomic E-state index is 14.2. The highest BCUT2D eigenvalue weighted by molar-refractivity contribution is 7.98. The van der Waals surface area contributed by atoms with Gasteiger partial charge in [0, 0.05) is 27.1 Å². The molecule has 0 aliphatic carbocycles. The van der Waals surface area contributed by atoms with Gasteiger partial charge in [0.25, 0.3) is 0 Å². The number of benzene rings is 3. The lowest BCUT2D eigenvalue weighted by atomic mass is 9.96. The molecule has 0 fully saturated rings. The molecule has 1 N–H and O–H groups in total. The molecule has 212 valence electrons. The van der Waals surface area contributed by atoms with Crippen LogP contribution in [-0.2, 0) is 21.9 Å². The van der Waals surface area contributed by atoms with E-state index in [1.165, 1.54) is 17.8 Å². The van der Waals surface area contributed by atoms with Crippen LogP contribution in [0.1, 0.15) is 43.0 Å². The lowest BCUT2D eigenvalue weighted by molar-refractivity contribution is -0.139. The van der Waals surface area contributed by atoms with Gasteiger partial charge in [0.1, 0.15) is 24.2 Å². The normalized spacial score (nSPS) is 14.4. The summed E-state index contributed by atoms with van der Waals surface area (Å²) in [5.74, 6) is 0.730. The number of ether oxygens (including phenoxy) is 2. The molecule has 0 spiro atoms. The minimum Gasteiger partial charge on any atom is -0.489 e. The van der Waals surface area contributed by atoms with Crippen molar-refractivity contribution in [2.75, 3.05) is 11.9 Å². The number of esters is 1. The van der Waals surface area contributed by atoms with Gasteiger partial charge in [-0.25, -0.2) is 13.9 Å². The average Bonchev–Trinajstić information content (AvgIpc) is 3.37. The molecule has 41 heavy (non-hydrogen) atoms. The standard InChI is InChI=1S/C30H27Cl2FN4O3S/c1-3-15-39-28(38)26-18(2)34-29-35-30(41-17-20-7-4-5-10-25(20)33)36-37(29)27(26)19-11-13-21(14-12-19)40-16-22-23(31)8-6-9-24(22)32/h4-14,27H,3,15-17H2,1-2H3,(H,34,35,36). The predicted molar refractivity (Wildman–Crippen MR) is 159 cm³/mol. The van der Waals surface area contributed by atoms with Crippen LogP contribution in [0.4, 0.5) is 10.3 Å². The Morgan fingerprint density at radius 1 is 1.07 bits per heavy atom. The maximum Gasteiger partial charge on any atom is 0.338 e. The summed E-state index contributed by atoms with van der Waals surface area (Å²) < 4.78 is 27.3. The molecule has 1 atom stereocenters. The number of carbonyl (C=O) groups is 1. The Morgan fingerprint density at radius 2 is 1.80 bits per heavy atom. The molecule has 0 saturated carbocycles. The molecule has 1 aliphatic heterocycles. The quantitative estimate of drug-likeness (QED) is 0.144. The molecule has 4 aromatic rings. The van der Waals surface area contributed by atoms with Crippen molar-refractivity contribution in [2.24, 2.45) is 0 Å². The zero-order valence-electron chi connectivity index (χ0n) is 22.4. The first-order valence-corrected chi connectivity index (χ1v) is 14.7. The highest BCUT2D eigenvalue weighted by Crippen LogP contribution is 2.38. The first-order valence-electron chi connectivity index (χ1n) is 13.0. The van der Waals surface area contributed by atoms with Gasteiger partial charge in [0.15, 0.2) is 0 Å². The number of nitrogens with one attached hydrogen (secondary N) is 1. The number of halogens is 3. The van der Waals surface area contributed by atoms with Gasteiger partial charge in [-0.2, -0.15) is 4.98 Å². The number of aromatic nitrogens is 3. The summed E-state index contributed by atoms with van der Waals surface area (Å²) in [5.41, 5.74) is 3.09. The van der Waals surface area contributed by atoms with Crippen molar-refractivity contribution in [3.8, 4) is 5.75 Å². The second-order valence-corrected chi connectivity index (χ2v) is 11.1. The second-order valence-electron chi connectivity index (χ2n) is 9.30. The van der Waals surface area contributed by atoms with Crippen LogP contribution in [0.5, 0.6) is 5.75 Å². The molecule has 0 amide bonds. The van der Waals surface area contributed by atoms with E-state index in [-0.39, 0.29) is 12.4 Å². The van der Waals surface area contributed by atoms with Crippen molar-refractivity contribution in [1.29, 1.82) is 0 Å². The minimum atomic E-state index is -0.599. The summed E-state index contributed by atoms with van der Waals surface area (Å²) in [6, 6.07) is 18.7. The van der Waals surface area contributed by atoms with Gasteiger partial charge >= 0.3 is 5.97 Å². The number of allylic oxidation sites excluding steroid dienone is 1. The molecule has 5 rings (SSSR count). The SMILES string of the molecule is CCCOC(=O)C1=C(C)Nc2nc(SCc3ccccc3F)nn2C1c1ccc(OCc2c(Cl)cccc2Cl)cc1. The molecular formula is C30H27Cl2FN4O3S. The Morgan fingerprint density at radius 3 is 2.51 bits per heavy atom. The van der Waals surface area contributed by atoms with Gasteiger partial charge in [0.05, 0.1) is 12.2 Å². The van der Waals surface area contributed by atoms with Crippen LogP contribution in [0.2, 0.25) is 10.0 Å². The number of fused-ring (bicyclic) bond motifs is 1. The van der Waals surface area contributed by atoms with E-state index in [0.29, 0.717) is 68.1 Å². The fourth-order valence-electron chi connectivity index (χ4n) is 4.37.